The summed E-state index contributed by atoms with van der Waals surface area (Å²) >= 11 is 0. The highest BCUT2D eigenvalue weighted by molar-refractivity contribution is 5.01. The molecule has 1 N–H and O–H groups in total. The first-order chi connectivity index (χ1) is 5.41. The minimum absolute atomic E-state index is 0.0910. The van der Waals surface area contributed by atoms with Gasteiger partial charge < -0.3 is 9.52 Å². The van der Waals surface area contributed by atoms with Crippen LogP contribution >= 0.6 is 0 Å². The van der Waals surface area contributed by atoms with Crippen molar-refractivity contribution in [3.8, 4) is 0 Å². The Morgan fingerprint density at radius 3 is 2.50 bits per heavy atom. The molecular formula is C6H6F3NO2. The highest BCUT2D eigenvalue weighted by atomic mass is 19.4. The second-order valence-electron chi connectivity index (χ2n) is 2.24. The van der Waals surface area contributed by atoms with E-state index < -0.39 is 18.0 Å². The van der Waals surface area contributed by atoms with E-state index in [1.165, 1.54) is 6.92 Å². The molecule has 6 heteroatoms. The molecule has 1 heterocycles. The molecule has 1 rings (SSSR count). The zero-order chi connectivity index (χ0) is 9.35. The number of halogens is 3. The zero-order valence-electron chi connectivity index (χ0n) is 6.09. The van der Waals surface area contributed by atoms with Crippen LogP contribution in [0.25, 0.3) is 0 Å². The van der Waals surface area contributed by atoms with Crippen molar-refractivity contribution in [3.63, 3.8) is 0 Å². The highest BCUT2D eigenvalue weighted by Crippen LogP contribution is 2.31. The average Bonchev–Trinajstić information content (AvgIpc) is 2.32. The maximum absolute atomic E-state index is 11.8. The van der Waals surface area contributed by atoms with Gasteiger partial charge >= 0.3 is 6.18 Å². The van der Waals surface area contributed by atoms with Crippen LogP contribution in [-0.2, 0) is 0 Å². The van der Waals surface area contributed by atoms with Gasteiger partial charge in [0.05, 0.1) is 0 Å². The summed E-state index contributed by atoms with van der Waals surface area (Å²) < 4.78 is 39.9. The third-order valence-electron chi connectivity index (χ3n) is 1.23. The van der Waals surface area contributed by atoms with Gasteiger partial charge in [-0.3, -0.25) is 0 Å². The number of aromatic nitrogens is 1. The molecule has 12 heavy (non-hydrogen) atoms. The number of hydrogen-bond acceptors (Lipinski definition) is 3. The second kappa shape index (κ2) is 2.78. The van der Waals surface area contributed by atoms with E-state index in [1.807, 2.05) is 0 Å². The fourth-order valence-electron chi connectivity index (χ4n) is 0.673. The Labute approximate surface area is 65.8 Å². The van der Waals surface area contributed by atoms with E-state index in [9.17, 15) is 13.2 Å². The molecule has 0 saturated carbocycles. The van der Waals surface area contributed by atoms with Crippen LogP contribution in [-0.4, -0.2) is 16.3 Å². The molecule has 0 amide bonds. The van der Waals surface area contributed by atoms with Crippen molar-refractivity contribution in [1.82, 2.24) is 4.98 Å². The lowest BCUT2D eigenvalue weighted by molar-refractivity contribution is -0.208. The Balaban J connectivity index is 2.85. The molecule has 3 nitrogen and oxygen atoms in total. The minimum Gasteiger partial charge on any atom is -0.449 e. The van der Waals surface area contributed by atoms with Crippen molar-refractivity contribution in [2.45, 2.75) is 19.2 Å². The van der Waals surface area contributed by atoms with Crippen LogP contribution in [0.5, 0.6) is 0 Å². The van der Waals surface area contributed by atoms with Crippen LogP contribution in [0.15, 0.2) is 10.7 Å². The van der Waals surface area contributed by atoms with Crippen molar-refractivity contribution < 1.29 is 22.7 Å². The highest BCUT2D eigenvalue weighted by Gasteiger charge is 2.41. The predicted octanol–water partition coefficient (Wildman–Crippen LogP) is 1.58. The maximum atomic E-state index is 11.8. The summed E-state index contributed by atoms with van der Waals surface area (Å²) in [5.74, 6) is 0.0910. The number of aliphatic hydroxyl groups is 1. The molecule has 0 aliphatic rings. The maximum Gasteiger partial charge on any atom is 0.420 e. The summed E-state index contributed by atoms with van der Waals surface area (Å²) in [5.41, 5.74) is -0.514. The van der Waals surface area contributed by atoms with Crippen LogP contribution in [0.2, 0.25) is 0 Å². The second-order valence-corrected chi connectivity index (χ2v) is 2.24. The number of alkyl halides is 3. The van der Waals surface area contributed by atoms with Gasteiger partial charge in [0, 0.05) is 6.92 Å². The van der Waals surface area contributed by atoms with Crippen molar-refractivity contribution in [2.75, 3.05) is 0 Å². The van der Waals surface area contributed by atoms with Crippen molar-refractivity contribution >= 4 is 0 Å². The lowest BCUT2D eigenvalue weighted by Gasteiger charge is -2.10. The Morgan fingerprint density at radius 1 is 1.58 bits per heavy atom. The van der Waals surface area contributed by atoms with Crippen molar-refractivity contribution in [3.05, 3.63) is 17.8 Å². The number of rotatable bonds is 1. The molecule has 0 radical (unpaired) electrons. The molecule has 68 valence electrons. The van der Waals surface area contributed by atoms with Crippen molar-refractivity contribution in [1.29, 1.82) is 0 Å². The molecule has 0 spiro atoms. The van der Waals surface area contributed by atoms with Gasteiger partial charge in [0.1, 0.15) is 12.0 Å². The summed E-state index contributed by atoms with van der Waals surface area (Å²) in [6, 6.07) is 0. The van der Waals surface area contributed by atoms with Gasteiger partial charge in [-0.05, 0) is 0 Å². The van der Waals surface area contributed by atoms with Gasteiger partial charge in [-0.2, -0.15) is 13.2 Å². The van der Waals surface area contributed by atoms with Gasteiger partial charge in [-0.1, -0.05) is 0 Å². The van der Waals surface area contributed by atoms with Crippen molar-refractivity contribution in [2.24, 2.45) is 0 Å². The third kappa shape index (κ3) is 1.76. The standard InChI is InChI=1S/C6H6F3NO2/c1-3-10-4(2-12-3)5(11)6(7,8)9/h2,5,11H,1H3. The fourth-order valence-corrected chi connectivity index (χ4v) is 0.673. The van der Waals surface area contributed by atoms with Gasteiger partial charge in [-0.15, -0.1) is 0 Å². The first kappa shape index (κ1) is 9.05. The molecule has 0 aliphatic heterocycles. The monoisotopic (exact) mass is 181 g/mol. The van der Waals surface area contributed by atoms with Gasteiger partial charge in [0.15, 0.2) is 12.0 Å². The molecule has 0 bridgehead atoms. The summed E-state index contributed by atoms with van der Waals surface area (Å²) in [4.78, 5) is 3.34. The van der Waals surface area contributed by atoms with Gasteiger partial charge in [0.25, 0.3) is 0 Å². The predicted molar refractivity (Wildman–Crippen MR) is 32.3 cm³/mol. The molecule has 0 aliphatic carbocycles. The molecule has 1 atom stereocenters. The Kier molecular flexibility index (Phi) is 2.10. The van der Waals surface area contributed by atoms with Crippen LogP contribution < -0.4 is 0 Å². The zero-order valence-corrected chi connectivity index (χ0v) is 6.09. The molecule has 1 aromatic heterocycles. The van der Waals surface area contributed by atoms with E-state index in [4.69, 9.17) is 5.11 Å². The first-order valence-corrected chi connectivity index (χ1v) is 3.08. The normalized spacial score (nSPS) is 14.8. The average molecular weight is 181 g/mol. The number of aliphatic hydroxyl groups excluding tert-OH is 1. The number of aryl methyl sites for hydroxylation is 1. The SMILES string of the molecule is Cc1nc(C(O)C(F)(F)F)co1. The molecule has 0 saturated heterocycles. The van der Waals surface area contributed by atoms with Gasteiger partial charge in [0.2, 0.25) is 0 Å². The summed E-state index contributed by atoms with van der Waals surface area (Å²) in [5, 5.41) is 8.62. The van der Waals surface area contributed by atoms with E-state index in [1.54, 1.807) is 0 Å². The van der Waals surface area contributed by atoms with E-state index in [-0.39, 0.29) is 5.89 Å². The molecule has 1 aromatic rings. The molecular weight excluding hydrogens is 175 g/mol. The van der Waals surface area contributed by atoms with E-state index >= 15 is 0 Å². The molecule has 1 unspecified atom stereocenters. The lowest BCUT2D eigenvalue weighted by atomic mass is 10.3. The van der Waals surface area contributed by atoms with E-state index in [2.05, 4.69) is 9.40 Å². The Morgan fingerprint density at radius 2 is 2.17 bits per heavy atom. The minimum atomic E-state index is -4.69. The third-order valence-corrected chi connectivity index (χ3v) is 1.23. The number of hydrogen-bond donors (Lipinski definition) is 1. The van der Waals surface area contributed by atoms with Crippen LogP contribution in [0, 0.1) is 6.92 Å². The molecule has 0 aromatic carbocycles. The quantitative estimate of drug-likeness (QED) is 0.715. The lowest BCUT2D eigenvalue weighted by Crippen LogP contribution is -2.20. The van der Waals surface area contributed by atoms with Crippen LogP contribution in [0.4, 0.5) is 13.2 Å². The van der Waals surface area contributed by atoms with Gasteiger partial charge in [-0.25, -0.2) is 4.98 Å². The van der Waals surface area contributed by atoms with E-state index in [0.29, 0.717) is 0 Å². The van der Waals surface area contributed by atoms with Crippen LogP contribution in [0.3, 0.4) is 0 Å². The summed E-state index contributed by atoms with van der Waals surface area (Å²) in [6.07, 6.45) is -6.47. The molecule has 0 fully saturated rings. The number of oxazole rings is 1. The largest absolute Gasteiger partial charge is 0.449 e. The first-order valence-electron chi connectivity index (χ1n) is 3.08. The Bertz CT molecular complexity index is 268. The summed E-state index contributed by atoms with van der Waals surface area (Å²) in [6.45, 7) is 1.40. The smallest absolute Gasteiger partial charge is 0.420 e. The van der Waals surface area contributed by atoms with E-state index in [0.717, 1.165) is 6.26 Å². The topological polar surface area (TPSA) is 46.3 Å². The fraction of sp³-hybridized carbons (Fsp3) is 0.500. The Hall–Kier alpha value is -1.04. The van der Waals surface area contributed by atoms with Crippen LogP contribution in [0.1, 0.15) is 17.7 Å². The number of nitrogens with zero attached hydrogens (tertiary/aromatic N) is 1. The summed E-state index contributed by atoms with van der Waals surface area (Å²) in [7, 11) is 0.